The summed E-state index contributed by atoms with van der Waals surface area (Å²) in [6.07, 6.45) is 6.41. The molecule has 0 aromatic carbocycles. The quantitative estimate of drug-likeness (QED) is 0.914. The van der Waals surface area contributed by atoms with Gasteiger partial charge in [0.05, 0.1) is 6.04 Å². The van der Waals surface area contributed by atoms with Crippen LogP contribution in [0.1, 0.15) is 48.9 Å². The third-order valence-corrected chi connectivity index (χ3v) is 4.89. The lowest BCUT2D eigenvalue weighted by molar-refractivity contribution is 0.549. The molecule has 0 radical (unpaired) electrons. The predicted octanol–water partition coefficient (Wildman–Crippen LogP) is 4.23. The van der Waals surface area contributed by atoms with Crippen LogP contribution in [-0.4, -0.2) is 9.97 Å². The second kappa shape index (κ2) is 5.92. The monoisotopic (exact) mass is 287 g/mol. The Bertz CT molecular complexity index is 563. The van der Waals surface area contributed by atoms with E-state index < -0.39 is 0 Å². The van der Waals surface area contributed by atoms with Gasteiger partial charge >= 0.3 is 0 Å². The molecule has 106 valence electrons. The molecule has 4 heteroatoms. The van der Waals surface area contributed by atoms with Crippen molar-refractivity contribution in [3.05, 3.63) is 40.0 Å². The van der Waals surface area contributed by atoms with Crippen LogP contribution in [0.2, 0.25) is 0 Å². The standard InChI is InChI=1S/C16H21N3S/c1-11(2)15(14-8-5-9-20-14)19-16-12-6-3-4-7-13(12)17-10-18-16/h5,8-11,15H,3-4,6-7H2,1-2H3,(H,17,18,19). The largest absolute Gasteiger partial charge is 0.362 e. The molecule has 0 spiro atoms. The summed E-state index contributed by atoms with van der Waals surface area (Å²) in [5.74, 6) is 1.57. The summed E-state index contributed by atoms with van der Waals surface area (Å²) < 4.78 is 0. The third-order valence-electron chi connectivity index (χ3n) is 3.93. The minimum absolute atomic E-state index is 0.330. The van der Waals surface area contributed by atoms with Gasteiger partial charge in [-0.2, -0.15) is 0 Å². The normalized spacial score (nSPS) is 15.9. The maximum Gasteiger partial charge on any atom is 0.133 e. The van der Waals surface area contributed by atoms with Gasteiger partial charge in [0.1, 0.15) is 12.1 Å². The van der Waals surface area contributed by atoms with Crippen molar-refractivity contribution in [3.63, 3.8) is 0 Å². The van der Waals surface area contributed by atoms with Crippen LogP contribution in [0.3, 0.4) is 0 Å². The summed E-state index contributed by atoms with van der Waals surface area (Å²) in [4.78, 5) is 10.3. The lowest BCUT2D eigenvalue weighted by Crippen LogP contribution is -2.19. The van der Waals surface area contributed by atoms with Gasteiger partial charge in [-0.25, -0.2) is 9.97 Å². The molecule has 1 aliphatic rings. The zero-order valence-corrected chi connectivity index (χ0v) is 12.9. The van der Waals surface area contributed by atoms with E-state index in [0.29, 0.717) is 12.0 Å². The summed E-state index contributed by atoms with van der Waals surface area (Å²) >= 11 is 1.81. The first-order valence-electron chi connectivity index (χ1n) is 7.38. The molecule has 2 aromatic heterocycles. The Hall–Kier alpha value is -1.42. The number of nitrogens with zero attached hydrogens (tertiary/aromatic N) is 2. The molecule has 1 aliphatic carbocycles. The minimum atomic E-state index is 0.330. The average Bonchev–Trinajstić information content (AvgIpc) is 2.98. The summed E-state index contributed by atoms with van der Waals surface area (Å²) in [7, 11) is 0. The van der Waals surface area contributed by atoms with Crippen molar-refractivity contribution in [3.8, 4) is 0 Å². The highest BCUT2D eigenvalue weighted by atomic mass is 32.1. The van der Waals surface area contributed by atoms with E-state index in [1.807, 2.05) is 11.3 Å². The number of aryl methyl sites for hydroxylation is 1. The molecular formula is C16H21N3S. The van der Waals surface area contributed by atoms with Crippen molar-refractivity contribution >= 4 is 17.2 Å². The molecule has 0 fully saturated rings. The van der Waals surface area contributed by atoms with Crippen molar-refractivity contribution < 1.29 is 0 Å². The van der Waals surface area contributed by atoms with E-state index in [-0.39, 0.29) is 0 Å². The Morgan fingerprint density at radius 1 is 1.20 bits per heavy atom. The zero-order valence-electron chi connectivity index (χ0n) is 12.1. The topological polar surface area (TPSA) is 37.8 Å². The highest BCUT2D eigenvalue weighted by Gasteiger charge is 2.21. The maximum atomic E-state index is 4.51. The van der Waals surface area contributed by atoms with Crippen molar-refractivity contribution in [2.75, 3.05) is 5.32 Å². The minimum Gasteiger partial charge on any atom is -0.362 e. The summed E-state index contributed by atoms with van der Waals surface area (Å²) in [5.41, 5.74) is 2.57. The molecule has 0 aliphatic heterocycles. The summed E-state index contributed by atoms with van der Waals surface area (Å²) in [6.45, 7) is 4.51. The molecule has 0 saturated heterocycles. The number of aromatic nitrogens is 2. The van der Waals surface area contributed by atoms with E-state index in [4.69, 9.17) is 0 Å². The van der Waals surface area contributed by atoms with Crippen molar-refractivity contribution in [2.45, 2.75) is 45.6 Å². The SMILES string of the molecule is CC(C)C(Nc1ncnc2c1CCCC2)c1cccs1. The van der Waals surface area contributed by atoms with Gasteiger partial charge in [-0.15, -0.1) is 11.3 Å². The average molecular weight is 287 g/mol. The van der Waals surface area contributed by atoms with E-state index in [1.54, 1.807) is 6.33 Å². The lowest BCUT2D eigenvalue weighted by atomic mass is 9.95. The van der Waals surface area contributed by atoms with E-state index in [9.17, 15) is 0 Å². The molecular weight excluding hydrogens is 266 g/mol. The number of anilines is 1. The Labute approximate surface area is 124 Å². The highest BCUT2D eigenvalue weighted by molar-refractivity contribution is 7.10. The molecule has 20 heavy (non-hydrogen) atoms. The molecule has 3 nitrogen and oxygen atoms in total. The fraction of sp³-hybridized carbons (Fsp3) is 0.500. The van der Waals surface area contributed by atoms with Crippen molar-refractivity contribution in [2.24, 2.45) is 5.92 Å². The maximum absolute atomic E-state index is 4.51. The van der Waals surface area contributed by atoms with Gasteiger partial charge in [-0.05, 0) is 43.0 Å². The summed E-state index contributed by atoms with van der Waals surface area (Å²) in [5, 5.41) is 5.81. The van der Waals surface area contributed by atoms with Crippen LogP contribution in [0.15, 0.2) is 23.8 Å². The number of fused-ring (bicyclic) bond motifs is 1. The highest BCUT2D eigenvalue weighted by Crippen LogP contribution is 2.32. The summed E-state index contributed by atoms with van der Waals surface area (Å²) in [6, 6.07) is 4.65. The van der Waals surface area contributed by atoms with E-state index >= 15 is 0 Å². The molecule has 1 atom stereocenters. The van der Waals surface area contributed by atoms with Gasteiger partial charge in [-0.1, -0.05) is 19.9 Å². The molecule has 1 N–H and O–H groups in total. The number of nitrogens with one attached hydrogen (secondary N) is 1. The third kappa shape index (κ3) is 2.70. The fourth-order valence-corrected chi connectivity index (χ4v) is 3.78. The van der Waals surface area contributed by atoms with Crippen LogP contribution in [0.25, 0.3) is 0 Å². The fourth-order valence-electron chi connectivity index (χ4n) is 2.83. The van der Waals surface area contributed by atoms with E-state index in [2.05, 4.69) is 46.6 Å². The number of thiophene rings is 1. The Kier molecular flexibility index (Phi) is 4.01. The van der Waals surface area contributed by atoms with Gasteiger partial charge in [0, 0.05) is 16.1 Å². The Morgan fingerprint density at radius 2 is 2.05 bits per heavy atom. The number of rotatable bonds is 4. The zero-order chi connectivity index (χ0) is 13.9. The van der Waals surface area contributed by atoms with Crippen LogP contribution in [0.4, 0.5) is 5.82 Å². The van der Waals surface area contributed by atoms with Gasteiger partial charge in [0.15, 0.2) is 0 Å². The molecule has 0 amide bonds. The van der Waals surface area contributed by atoms with E-state index in [0.717, 1.165) is 18.7 Å². The van der Waals surface area contributed by atoms with Crippen molar-refractivity contribution in [1.82, 2.24) is 9.97 Å². The van der Waals surface area contributed by atoms with Crippen LogP contribution < -0.4 is 5.32 Å². The van der Waals surface area contributed by atoms with Crippen molar-refractivity contribution in [1.29, 1.82) is 0 Å². The second-order valence-electron chi connectivity index (χ2n) is 5.74. The lowest BCUT2D eigenvalue weighted by Gasteiger charge is -2.25. The van der Waals surface area contributed by atoms with Crippen LogP contribution in [-0.2, 0) is 12.8 Å². The first kappa shape index (κ1) is 13.6. The van der Waals surface area contributed by atoms with Gasteiger partial charge in [0.25, 0.3) is 0 Å². The van der Waals surface area contributed by atoms with Crippen LogP contribution in [0, 0.1) is 5.92 Å². The molecule has 3 rings (SSSR count). The Balaban J connectivity index is 1.89. The smallest absolute Gasteiger partial charge is 0.133 e. The number of hydrogen-bond acceptors (Lipinski definition) is 4. The van der Waals surface area contributed by atoms with E-state index in [1.165, 1.54) is 29.0 Å². The molecule has 1 unspecified atom stereocenters. The van der Waals surface area contributed by atoms with Crippen LogP contribution >= 0.6 is 11.3 Å². The second-order valence-corrected chi connectivity index (χ2v) is 6.72. The van der Waals surface area contributed by atoms with Gasteiger partial charge in [0.2, 0.25) is 0 Å². The van der Waals surface area contributed by atoms with Gasteiger partial charge in [-0.3, -0.25) is 0 Å². The molecule has 2 heterocycles. The molecule has 0 saturated carbocycles. The first-order valence-corrected chi connectivity index (χ1v) is 8.26. The van der Waals surface area contributed by atoms with Gasteiger partial charge < -0.3 is 5.32 Å². The predicted molar refractivity (Wildman–Crippen MR) is 84.2 cm³/mol. The number of hydrogen-bond donors (Lipinski definition) is 1. The molecule has 0 bridgehead atoms. The Morgan fingerprint density at radius 3 is 2.80 bits per heavy atom. The molecule has 2 aromatic rings. The van der Waals surface area contributed by atoms with Crippen LogP contribution in [0.5, 0.6) is 0 Å². The first-order chi connectivity index (χ1) is 9.75.